The van der Waals surface area contributed by atoms with Crippen LogP contribution in [0.3, 0.4) is 0 Å². The fourth-order valence-electron chi connectivity index (χ4n) is 10.0. The topological polar surface area (TPSA) is 115 Å². The zero-order valence-electron chi connectivity index (χ0n) is 32.9. The minimum absolute atomic E-state index is 0.0712. The van der Waals surface area contributed by atoms with Crippen LogP contribution in [0.2, 0.25) is 10.0 Å². The first-order valence-corrected chi connectivity index (χ1v) is 20.5. The second kappa shape index (κ2) is 14.2. The van der Waals surface area contributed by atoms with Gasteiger partial charge in [-0.15, -0.1) is 0 Å². The number of benzene rings is 6. The van der Waals surface area contributed by atoms with Crippen molar-refractivity contribution >= 4 is 58.3 Å². The maximum atomic E-state index is 13.8. The third kappa shape index (κ3) is 5.95. The van der Waals surface area contributed by atoms with Crippen LogP contribution in [0.25, 0.3) is 0 Å². The van der Waals surface area contributed by atoms with Crippen LogP contribution in [-0.2, 0) is 44.3 Å². The molecule has 10 heteroatoms. The number of hydrogen-bond donors (Lipinski definition) is 2. The molecule has 2 amide bonds. The van der Waals surface area contributed by atoms with E-state index in [1.807, 2.05) is 109 Å². The van der Waals surface area contributed by atoms with Crippen molar-refractivity contribution in [3.63, 3.8) is 0 Å². The van der Waals surface area contributed by atoms with Crippen molar-refractivity contribution in [2.45, 2.75) is 61.4 Å². The predicted molar refractivity (Wildman–Crippen MR) is 232 cm³/mol. The number of carboxylic acids is 2. The second-order valence-electron chi connectivity index (χ2n) is 16.7. The highest BCUT2D eigenvalue weighted by Crippen LogP contribution is 2.71. The smallest absolute Gasteiger partial charge is 0.335 e. The molecule has 6 aromatic carbocycles. The van der Waals surface area contributed by atoms with Crippen molar-refractivity contribution in [2.75, 3.05) is 9.80 Å². The Morgan fingerprint density at radius 1 is 0.533 bits per heavy atom. The van der Waals surface area contributed by atoms with Gasteiger partial charge in [-0.2, -0.15) is 0 Å². The molecule has 10 rings (SSSR count). The average molecular weight is 836 g/mol. The van der Waals surface area contributed by atoms with Crippen LogP contribution in [0.1, 0.15) is 80.8 Å². The number of rotatable bonds is 8. The zero-order valence-corrected chi connectivity index (χ0v) is 34.4. The van der Waals surface area contributed by atoms with Crippen molar-refractivity contribution in [3.8, 4) is 0 Å². The Labute approximate surface area is 357 Å². The van der Waals surface area contributed by atoms with E-state index in [1.165, 1.54) is 0 Å². The highest BCUT2D eigenvalue weighted by molar-refractivity contribution is 6.31. The third-order valence-corrected chi connectivity index (χ3v) is 13.9. The molecular formula is C50H40Cl2N2O6. The van der Waals surface area contributed by atoms with E-state index < -0.39 is 22.8 Å². The first kappa shape index (κ1) is 39.3. The highest BCUT2D eigenvalue weighted by Gasteiger charge is 2.75. The molecule has 0 saturated heterocycles. The normalized spacial score (nSPS) is 24.2. The van der Waals surface area contributed by atoms with E-state index in [-0.39, 0.29) is 33.8 Å². The molecule has 0 aromatic heterocycles. The van der Waals surface area contributed by atoms with Crippen molar-refractivity contribution in [1.29, 1.82) is 0 Å². The number of carbonyl (C=O) groups excluding carboxylic acids is 2. The van der Waals surface area contributed by atoms with Gasteiger partial charge >= 0.3 is 11.9 Å². The molecule has 60 heavy (non-hydrogen) atoms. The summed E-state index contributed by atoms with van der Waals surface area (Å²) in [4.78, 5) is 53.9. The number of amides is 2. The first-order valence-electron chi connectivity index (χ1n) is 19.7. The summed E-state index contributed by atoms with van der Waals surface area (Å²) < 4.78 is 0. The molecule has 0 radical (unpaired) electrons. The Bertz CT molecular complexity index is 2570. The monoisotopic (exact) mass is 834 g/mol. The van der Waals surface area contributed by atoms with E-state index in [9.17, 15) is 29.4 Å². The molecule has 0 unspecified atom stereocenters. The van der Waals surface area contributed by atoms with Gasteiger partial charge in [-0.25, -0.2) is 9.59 Å². The lowest BCUT2D eigenvalue weighted by atomic mass is 9.83. The highest BCUT2D eigenvalue weighted by atomic mass is 35.5. The van der Waals surface area contributed by atoms with Gasteiger partial charge in [-0.1, -0.05) is 122 Å². The van der Waals surface area contributed by atoms with Gasteiger partial charge in [-0.3, -0.25) is 9.59 Å². The molecule has 2 saturated carbocycles. The molecule has 4 atom stereocenters. The Morgan fingerprint density at radius 3 is 1.27 bits per heavy atom. The Morgan fingerprint density at radius 2 is 0.900 bits per heavy atom. The van der Waals surface area contributed by atoms with Gasteiger partial charge in [0.25, 0.3) is 0 Å². The van der Waals surface area contributed by atoms with Crippen molar-refractivity contribution in [1.82, 2.24) is 0 Å². The maximum absolute atomic E-state index is 13.8. The number of halogens is 2. The van der Waals surface area contributed by atoms with Gasteiger partial charge in [0, 0.05) is 32.3 Å². The molecule has 300 valence electrons. The fourth-order valence-corrected chi connectivity index (χ4v) is 10.3. The summed E-state index contributed by atoms with van der Waals surface area (Å²) in [6, 6.07) is 44.9. The number of carboxylic acid groups (broad SMARTS) is 2. The standard InChI is InChI=1S/2C25H20ClNO3/c2*1-24(18-9-11-19(26)12-10-18)15-25(24)20-7-2-3-8-21(20)27(23(25)30)14-16-5-4-6-17(13-16)22(28)29/h2*2-13H,14-15H2,1H3,(H,28,29)/t2*24-,25-/m10/s1. The largest absolute Gasteiger partial charge is 0.478 e. The number of hydrogen-bond acceptors (Lipinski definition) is 4. The molecule has 2 spiro atoms. The number of aromatic carboxylic acids is 2. The summed E-state index contributed by atoms with van der Waals surface area (Å²) in [7, 11) is 0. The summed E-state index contributed by atoms with van der Waals surface area (Å²) in [6.45, 7) is 4.96. The lowest BCUT2D eigenvalue weighted by Crippen LogP contribution is -2.35. The summed E-state index contributed by atoms with van der Waals surface area (Å²) in [5.41, 5.74) is 6.33. The van der Waals surface area contributed by atoms with Crippen LogP contribution in [0.15, 0.2) is 146 Å². The third-order valence-electron chi connectivity index (χ3n) is 13.4. The minimum Gasteiger partial charge on any atom is -0.478 e. The molecule has 6 aromatic rings. The van der Waals surface area contributed by atoms with E-state index in [2.05, 4.69) is 13.8 Å². The molecule has 2 aliphatic carbocycles. The molecular weight excluding hydrogens is 795 g/mol. The number of anilines is 2. The lowest BCUT2D eigenvalue weighted by Gasteiger charge is -2.21. The summed E-state index contributed by atoms with van der Waals surface area (Å²) >= 11 is 12.1. The Hall–Kier alpha value is -6.22. The van der Waals surface area contributed by atoms with E-state index in [4.69, 9.17) is 23.2 Å². The van der Waals surface area contributed by atoms with Gasteiger partial charge < -0.3 is 20.0 Å². The first-order chi connectivity index (χ1) is 28.7. The van der Waals surface area contributed by atoms with Crippen LogP contribution in [0.5, 0.6) is 0 Å². The molecule has 2 fully saturated rings. The van der Waals surface area contributed by atoms with E-state index in [0.29, 0.717) is 23.1 Å². The van der Waals surface area contributed by atoms with E-state index in [1.54, 1.807) is 46.2 Å². The van der Waals surface area contributed by atoms with Crippen LogP contribution in [-0.4, -0.2) is 34.0 Å². The van der Waals surface area contributed by atoms with Crippen LogP contribution in [0.4, 0.5) is 11.4 Å². The Kier molecular flexibility index (Phi) is 9.30. The summed E-state index contributed by atoms with van der Waals surface area (Å²) in [5.74, 6) is -1.80. The molecule has 8 nitrogen and oxygen atoms in total. The zero-order chi connectivity index (χ0) is 42.2. The Balaban J connectivity index is 0.000000154. The van der Waals surface area contributed by atoms with Crippen molar-refractivity contribution < 1.29 is 29.4 Å². The lowest BCUT2D eigenvalue weighted by molar-refractivity contribution is -0.121. The van der Waals surface area contributed by atoms with Crippen molar-refractivity contribution in [3.05, 3.63) is 200 Å². The van der Waals surface area contributed by atoms with Crippen LogP contribution in [0, 0.1) is 0 Å². The minimum atomic E-state index is -0.973. The molecule has 4 aliphatic rings. The van der Waals surface area contributed by atoms with Gasteiger partial charge in [-0.05, 0) is 107 Å². The molecule has 0 bridgehead atoms. The number of fused-ring (bicyclic) bond motifs is 4. The molecule has 2 N–H and O–H groups in total. The summed E-state index contributed by atoms with van der Waals surface area (Å²) in [5, 5.41) is 19.9. The van der Waals surface area contributed by atoms with Gasteiger partial charge in [0.05, 0.1) is 35.0 Å². The van der Waals surface area contributed by atoms with E-state index in [0.717, 1.165) is 57.6 Å². The van der Waals surface area contributed by atoms with Gasteiger partial charge in [0.2, 0.25) is 11.8 Å². The molecule has 2 aliphatic heterocycles. The molecule has 2 heterocycles. The SMILES string of the molecule is C[C@@]1(c2ccc(Cl)cc2)C[C@]12C(=O)N(Cc1cccc(C(=O)O)c1)c1ccccc12.C[C@]1(c2ccc(Cl)cc2)C[C@@]12C(=O)N(Cc1cccc(C(=O)O)c1)c1ccccc12. The number of nitrogens with zero attached hydrogens (tertiary/aromatic N) is 2. The number of para-hydroxylation sites is 2. The van der Waals surface area contributed by atoms with Crippen LogP contribution < -0.4 is 9.80 Å². The van der Waals surface area contributed by atoms with Crippen LogP contribution >= 0.6 is 23.2 Å². The fraction of sp³-hybridized carbons (Fsp3) is 0.200. The number of carbonyl (C=O) groups is 4. The van der Waals surface area contributed by atoms with Crippen molar-refractivity contribution in [2.24, 2.45) is 0 Å². The maximum Gasteiger partial charge on any atom is 0.335 e. The van der Waals surface area contributed by atoms with E-state index >= 15 is 0 Å². The second-order valence-corrected chi connectivity index (χ2v) is 17.5. The van der Waals surface area contributed by atoms with Gasteiger partial charge in [0.15, 0.2) is 0 Å². The predicted octanol–water partition coefficient (Wildman–Crippen LogP) is 10.4. The average Bonchev–Trinajstić information content (AvgIpc) is 4.06. The quantitative estimate of drug-likeness (QED) is 0.158. The summed E-state index contributed by atoms with van der Waals surface area (Å²) in [6.07, 6.45) is 1.48. The van der Waals surface area contributed by atoms with Gasteiger partial charge in [0.1, 0.15) is 0 Å².